The van der Waals surface area contributed by atoms with Crippen molar-refractivity contribution >= 4 is 17.0 Å². The molecule has 5 nitrogen and oxygen atoms in total. The average Bonchev–Trinajstić information content (AvgIpc) is 2.98. The Balaban J connectivity index is 1.68. The van der Waals surface area contributed by atoms with Crippen LogP contribution < -0.4 is 4.74 Å². The molecule has 0 aliphatic heterocycles. The first-order chi connectivity index (χ1) is 11.5. The topological polar surface area (TPSA) is 75.2 Å². The molecule has 3 aromatic rings. The summed E-state index contributed by atoms with van der Waals surface area (Å²) in [5.74, 6) is -0.0523. The van der Waals surface area contributed by atoms with E-state index in [0.717, 1.165) is 29.8 Å². The number of carboxylic acid groups (broad SMARTS) is 1. The number of aryl methyl sites for hydroxylation is 2. The zero-order chi connectivity index (χ0) is 17.1. The van der Waals surface area contributed by atoms with E-state index in [1.807, 2.05) is 44.2 Å². The zero-order valence-electron chi connectivity index (χ0n) is 13.7. The average molecular weight is 324 g/mol. The number of ether oxygens (including phenoxy) is 1. The summed E-state index contributed by atoms with van der Waals surface area (Å²) in [4.78, 5) is 18.7. The molecule has 2 aromatic heterocycles. The maximum Gasteiger partial charge on any atom is 0.337 e. The van der Waals surface area contributed by atoms with Gasteiger partial charge in [0.05, 0.1) is 22.7 Å². The number of carbonyl (C=O) groups is 1. The molecule has 1 aromatic carbocycles. The molecule has 124 valence electrons. The van der Waals surface area contributed by atoms with Gasteiger partial charge in [0.1, 0.15) is 5.75 Å². The molecule has 1 unspecified atom stereocenters. The van der Waals surface area contributed by atoms with Crippen LogP contribution in [0.25, 0.3) is 11.0 Å². The molecule has 24 heavy (non-hydrogen) atoms. The summed E-state index contributed by atoms with van der Waals surface area (Å²) in [5, 5.41) is 9.23. The maximum absolute atomic E-state index is 11.3. The van der Waals surface area contributed by atoms with Gasteiger partial charge < -0.3 is 14.8 Å². The number of aromatic amines is 1. The molecular formula is C19H20N2O3. The highest BCUT2D eigenvalue weighted by Gasteiger charge is 2.13. The summed E-state index contributed by atoms with van der Waals surface area (Å²) in [5.41, 5.74) is 3.58. The van der Waals surface area contributed by atoms with Gasteiger partial charge in [0.15, 0.2) is 0 Å². The number of nitrogens with one attached hydrogen (secondary N) is 1. The molecule has 3 rings (SSSR count). The number of rotatable bonds is 6. The Morgan fingerprint density at radius 3 is 2.88 bits per heavy atom. The summed E-state index contributed by atoms with van der Waals surface area (Å²) in [6.07, 6.45) is 3.17. The van der Waals surface area contributed by atoms with Crippen LogP contribution in [0.1, 0.15) is 35.0 Å². The van der Waals surface area contributed by atoms with Gasteiger partial charge in [-0.1, -0.05) is 18.2 Å². The van der Waals surface area contributed by atoms with E-state index in [1.54, 1.807) is 0 Å². The number of hydrogen-bond donors (Lipinski definition) is 2. The fraction of sp³-hybridized carbons (Fsp3) is 0.263. The van der Waals surface area contributed by atoms with Crippen molar-refractivity contribution in [2.24, 2.45) is 0 Å². The minimum Gasteiger partial charge on any atom is -0.490 e. The molecule has 0 spiro atoms. The summed E-state index contributed by atoms with van der Waals surface area (Å²) in [7, 11) is 0. The molecule has 0 saturated carbocycles. The lowest BCUT2D eigenvalue weighted by molar-refractivity contribution is 0.0698. The normalized spacial score (nSPS) is 12.2. The summed E-state index contributed by atoms with van der Waals surface area (Å²) < 4.78 is 5.98. The fourth-order valence-electron chi connectivity index (χ4n) is 2.72. The third kappa shape index (κ3) is 3.40. The summed E-state index contributed by atoms with van der Waals surface area (Å²) >= 11 is 0. The Labute approximate surface area is 140 Å². The van der Waals surface area contributed by atoms with E-state index < -0.39 is 5.97 Å². The van der Waals surface area contributed by atoms with Crippen molar-refractivity contribution < 1.29 is 14.6 Å². The SMILES string of the molecule is Cc1ccccc1OC(C)CCc1cc2nccc(C(=O)O)c2[nH]1. The molecule has 5 heteroatoms. The number of hydrogen-bond acceptors (Lipinski definition) is 3. The first kappa shape index (κ1) is 16.1. The van der Waals surface area contributed by atoms with Crippen molar-refractivity contribution in [2.45, 2.75) is 32.8 Å². The van der Waals surface area contributed by atoms with Crippen LogP contribution in [-0.2, 0) is 6.42 Å². The van der Waals surface area contributed by atoms with Crippen molar-refractivity contribution in [1.82, 2.24) is 9.97 Å². The third-order valence-electron chi connectivity index (χ3n) is 4.05. The maximum atomic E-state index is 11.3. The van der Waals surface area contributed by atoms with Crippen molar-refractivity contribution in [3.8, 4) is 5.75 Å². The van der Waals surface area contributed by atoms with Crippen molar-refractivity contribution in [3.63, 3.8) is 0 Å². The van der Waals surface area contributed by atoms with Gasteiger partial charge in [-0.2, -0.15) is 0 Å². The number of para-hydroxylation sites is 1. The highest BCUT2D eigenvalue weighted by atomic mass is 16.5. The molecule has 0 fully saturated rings. The van der Waals surface area contributed by atoms with E-state index in [0.29, 0.717) is 11.0 Å². The Bertz CT molecular complexity index is 870. The van der Waals surface area contributed by atoms with Gasteiger partial charge in [0, 0.05) is 11.9 Å². The quantitative estimate of drug-likeness (QED) is 0.719. The number of H-pyrrole nitrogens is 1. The lowest BCUT2D eigenvalue weighted by Gasteiger charge is -2.15. The molecule has 0 radical (unpaired) electrons. The van der Waals surface area contributed by atoms with E-state index in [4.69, 9.17) is 4.74 Å². The van der Waals surface area contributed by atoms with Crippen molar-refractivity contribution in [1.29, 1.82) is 0 Å². The van der Waals surface area contributed by atoms with Gasteiger partial charge in [0.25, 0.3) is 0 Å². The lowest BCUT2D eigenvalue weighted by Crippen LogP contribution is -2.13. The predicted molar refractivity (Wildman–Crippen MR) is 92.6 cm³/mol. The number of fused-ring (bicyclic) bond motifs is 1. The van der Waals surface area contributed by atoms with Crippen LogP contribution in [-0.4, -0.2) is 27.1 Å². The highest BCUT2D eigenvalue weighted by molar-refractivity contribution is 6.00. The Hall–Kier alpha value is -2.82. The first-order valence-corrected chi connectivity index (χ1v) is 7.97. The second kappa shape index (κ2) is 6.74. The van der Waals surface area contributed by atoms with Crippen LogP contribution in [0.5, 0.6) is 5.75 Å². The van der Waals surface area contributed by atoms with E-state index in [1.165, 1.54) is 12.3 Å². The monoisotopic (exact) mass is 324 g/mol. The van der Waals surface area contributed by atoms with Crippen LogP contribution in [0.2, 0.25) is 0 Å². The lowest BCUT2D eigenvalue weighted by atomic mass is 10.1. The molecule has 0 bridgehead atoms. The van der Waals surface area contributed by atoms with Crippen molar-refractivity contribution in [2.75, 3.05) is 0 Å². The number of pyridine rings is 1. The van der Waals surface area contributed by atoms with E-state index in [9.17, 15) is 9.90 Å². The largest absolute Gasteiger partial charge is 0.490 e. The molecule has 0 saturated heterocycles. The van der Waals surface area contributed by atoms with Gasteiger partial charge in [0.2, 0.25) is 0 Å². The Morgan fingerprint density at radius 2 is 2.12 bits per heavy atom. The predicted octanol–water partition coefficient (Wildman–Crippen LogP) is 3.97. The van der Waals surface area contributed by atoms with E-state index >= 15 is 0 Å². The Morgan fingerprint density at radius 1 is 1.33 bits per heavy atom. The highest BCUT2D eigenvalue weighted by Crippen LogP contribution is 2.21. The first-order valence-electron chi connectivity index (χ1n) is 7.97. The van der Waals surface area contributed by atoms with Gasteiger partial charge in [-0.3, -0.25) is 4.98 Å². The second-order valence-electron chi connectivity index (χ2n) is 5.95. The van der Waals surface area contributed by atoms with Gasteiger partial charge in [-0.25, -0.2) is 4.79 Å². The molecule has 2 heterocycles. The molecule has 2 N–H and O–H groups in total. The van der Waals surface area contributed by atoms with E-state index in [2.05, 4.69) is 9.97 Å². The molecule has 1 atom stereocenters. The standard InChI is InChI=1S/C19H20N2O3/c1-12-5-3-4-6-17(12)24-13(2)7-8-14-11-16-18(21-14)15(19(22)23)9-10-20-16/h3-6,9-11,13,21H,7-8H2,1-2H3,(H,22,23). The summed E-state index contributed by atoms with van der Waals surface area (Å²) in [6.45, 7) is 4.06. The number of carboxylic acids is 1. The number of aromatic carboxylic acids is 1. The van der Waals surface area contributed by atoms with Crippen LogP contribution in [0.3, 0.4) is 0 Å². The zero-order valence-corrected chi connectivity index (χ0v) is 13.7. The number of benzene rings is 1. The molecule has 0 aliphatic carbocycles. The van der Waals surface area contributed by atoms with Crippen LogP contribution in [0.4, 0.5) is 0 Å². The minimum atomic E-state index is -0.952. The Kier molecular flexibility index (Phi) is 4.51. The molecule has 0 amide bonds. The number of aromatic nitrogens is 2. The smallest absolute Gasteiger partial charge is 0.337 e. The number of nitrogens with zero attached hydrogens (tertiary/aromatic N) is 1. The van der Waals surface area contributed by atoms with Crippen LogP contribution in [0.15, 0.2) is 42.6 Å². The molecule has 0 aliphatic rings. The fourth-order valence-corrected chi connectivity index (χ4v) is 2.72. The second-order valence-corrected chi connectivity index (χ2v) is 5.95. The van der Waals surface area contributed by atoms with Crippen molar-refractivity contribution in [3.05, 3.63) is 59.4 Å². The molecular weight excluding hydrogens is 304 g/mol. The van der Waals surface area contributed by atoms with Gasteiger partial charge in [-0.15, -0.1) is 0 Å². The van der Waals surface area contributed by atoms with Crippen LogP contribution >= 0.6 is 0 Å². The van der Waals surface area contributed by atoms with Crippen LogP contribution in [0, 0.1) is 6.92 Å². The van der Waals surface area contributed by atoms with Gasteiger partial charge >= 0.3 is 5.97 Å². The summed E-state index contributed by atoms with van der Waals surface area (Å²) in [6, 6.07) is 11.4. The third-order valence-corrected chi connectivity index (χ3v) is 4.05. The minimum absolute atomic E-state index is 0.0596. The van der Waals surface area contributed by atoms with E-state index in [-0.39, 0.29) is 11.7 Å². The van der Waals surface area contributed by atoms with Gasteiger partial charge in [-0.05, 0) is 50.5 Å².